The van der Waals surface area contributed by atoms with Gasteiger partial charge < -0.3 is 4.74 Å². The van der Waals surface area contributed by atoms with Crippen molar-refractivity contribution in [1.29, 1.82) is 0 Å². The highest BCUT2D eigenvalue weighted by atomic mass is 17.2. The van der Waals surface area contributed by atoms with Gasteiger partial charge in [-0.15, -0.1) is 0 Å². The van der Waals surface area contributed by atoms with Crippen molar-refractivity contribution in [2.45, 2.75) is 97.6 Å². The number of unbranched alkanes of at least 4 members (excludes halogenated alkanes) is 2. The van der Waals surface area contributed by atoms with Crippen molar-refractivity contribution in [3.05, 3.63) is 12.2 Å². The molecule has 1 fully saturated rings. The Hall–Kier alpha value is -0.380. The molecular weight excluding hydrogens is 264 g/mol. The van der Waals surface area contributed by atoms with Crippen molar-refractivity contribution in [2.75, 3.05) is 0 Å². The lowest BCUT2D eigenvalue weighted by molar-refractivity contribution is -0.501. The molecule has 1 rings (SSSR count). The third-order valence-electron chi connectivity index (χ3n) is 4.55. The number of ether oxygens (including phenoxy) is 1. The molecule has 0 radical (unpaired) electrons. The van der Waals surface area contributed by atoms with Crippen LogP contribution in [0.2, 0.25) is 0 Å². The highest BCUT2D eigenvalue weighted by molar-refractivity contribution is 4.90. The summed E-state index contributed by atoms with van der Waals surface area (Å²) < 4.78 is 6.05. The zero-order valence-corrected chi connectivity index (χ0v) is 14.8. The van der Waals surface area contributed by atoms with Crippen molar-refractivity contribution in [3.63, 3.8) is 0 Å². The van der Waals surface area contributed by atoms with Crippen molar-refractivity contribution < 1.29 is 14.5 Å². The van der Waals surface area contributed by atoms with Gasteiger partial charge in [0.1, 0.15) is 5.60 Å². The van der Waals surface area contributed by atoms with Crippen LogP contribution in [0.3, 0.4) is 0 Å². The largest absolute Gasteiger partial charge is 0.341 e. The molecule has 0 aromatic carbocycles. The van der Waals surface area contributed by atoms with E-state index in [1.54, 1.807) is 0 Å². The Bertz CT molecular complexity index is 320. The Labute approximate surface area is 131 Å². The SMILES string of the molecule is CCCC/C=C/CCC(C)CC1OOC(C)(C)C(C)(C)O1. The van der Waals surface area contributed by atoms with E-state index in [9.17, 15) is 0 Å². The van der Waals surface area contributed by atoms with Gasteiger partial charge in [-0.3, -0.25) is 0 Å². The Kier molecular flexibility index (Phi) is 7.38. The van der Waals surface area contributed by atoms with Gasteiger partial charge in [0.05, 0.1) is 5.60 Å². The van der Waals surface area contributed by atoms with Crippen molar-refractivity contribution in [3.8, 4) is 0 Å². The first-order valence-corrected chi connectivity index (χ1v) is 8.46. The van der Waals surface area contributed by atoms with Gasteiger partial charge in [-0.25, -0.2) is 9.78 Å². The molecule has 2 atom stereocenters. The number of hydrogen-bond donors (Lipinski definition) is 0. The van der Waals surface area contributed by atoms with Crippen LogP contribution in [0.25, 0.3) is 0 Å². The third kappa shape index (κ3) is 6.09. The molecule has 0 aromatic heterocycles. The monoisotopic (exact) mass is 298 g/mol. The molecule has 0 aromatic rings. The first-order valence-electron chi connectivity index (χ1n) is 8.46. The molecule has 1 aliphatic rings. The third-order valence-corrected chi connectivity index (χ3v) is 4.55. The smallest absolute Gasteiger partial charge is 0.192 e. The zero-order valence-electron chi connectivity index (χ0n) is 14.8. The van der Waals surface area contributed by atoms with E-state index >= 15 is 0 Å². The molecule has 124 valence electrons. The Morgan fingerprint density at radius 1 is 1.05 bits per heavy atom. The highest BCUT2D eigenvalue weighted by Gasteiger charge is 2.46. The molecule has 0 bridgehead atoms. The van der Waals surface area contributed by atoms with Crippen LogP contribution in [0.5, 0.6) is 0 Å². The van der Waals surface area contributed by atoms with E-state index in [1.165, 1.54) is 19.3 Å². The second-order valence-electron chi connectivity index (χ2n) is 7.28. The molecule has 0 aliphatic carbocycles. The number of hydrogen-bond acceptors (Lipinski definition) is 3. The molecule has 0 amide bonds. The first kappa shape index (κ1) is 18.7. The fraction of sp³-hybridized carbons (Fsp3) is 0.889. The lowest BCUT2D eigenvalue weighted by Gasteiger charge is -2.46. The molecule has 2 unspecified atom stereocenters. The molecule has 3 nitrogen and oxygen atoms in total. The minimum atomic E-state index is -0.422. The van der Waals surface area contributed by atoms with E-state index in [0.29, 0.717) is 5.92 Å². The summed E-state index contributed by atoms with van der Waals surface area (Å²) in [4.78, 5) is 10.9. The first-order chi connectivity index (χ1) is 9.78. The van der Waals surface area contributed by atoms with Crippen LogP contribution in [-0.2, 0) is 14.5 Å². The molecule has 21 heavy (non-hydrogen) atoms. The zero-order chi connectivity index (χ0) is 15.9. The maximum atomic E-state index is 6.05. The highest BCUT2D eigenvalue weighted by Crippen LogP contribution is 2.36. The lowest BCUT2D eigenvalue weighted by atomic mass is 9.89. The predicted molar refractivity (Wildman–Crippen MR) is 86.9 cm³/mol. The van der Waals surface area contributed by atoms with Crippen LogP contribution in [-0.4, -0.2) is 17.5 Å². The average molecular weight is 298 g/mol. The van der Waals surface area contributed by atoms with Gasteiger partial charge in [0.2, 0.25) is 0 Å². The second-order valence-corrected chi connectivity index (χ2v) is 7.28. The summed E-state index contributed by atoms with van der Waals surface area (Å²) in [5.41, 5.74) is -0.759. The van der Waals surface area contributed by atoms with Crippen LogP contribution in [0, 0.1) is 5.92 Å². The van der Waals surface area contributed by atoms with Gasteiger partial charge in [-0.1, -0.05) is 38.8 Å². The molecule has 1 heterocycles. The van der Waals surface area contributed by atoms with Gasteiger partial charge in [-0.2, -0.15) is 0 Å². The normalized spacial score (nSPS) is 26.1. The van der Waals surface area contributed by atoms with E-state index in [2.05, 4.69) is 39.8 Å². The Morgan fingerprint density at radius 3 is 2.33 bits per heavy atom. The maximum Gasteiger partial charge on any atom is 0.192 e. The summed E-state index contributed by atoms with van der Waals surface area (Å²) in [7, 11) is 0. The molecule has 0 spiro atoms. The minimum Gasteiger partial charge on any atom is -0.341 e. The minimum absolute atomic E-state index is 0.257. The Balaban J connectivity index is 2.26. The predicted octanol–water partition coefficient (Wildman–Crippen LogP) is 5.40. The Morgan fingerprint density at radius 2 is 1.71 bits per heavy atom. The lowest BCUT2D eigenvalue weighted by Crippen LogP contribution is -2.56. The van der Waals surface area contributed by atoms with E-state index < -0.39 is 5.60 Å². The molecule has 1 aliphatic heterocycles. The van der Waals surface area contributed by atoms with Crippen molar-refractivity contribution in [1.82, 2.24) is 0 Å². The van der Waals surface area contributed by atoms with Crippen LogP contribution in [0.4, 0.5) is 0 Å². The molecule has 3 heteroatoms. The van der Waals surface area contributed by atoms with Crippen LogP contribution < -0.4 is 0 Å². The topological polar surface area (TPSA) is 27.7 Å². The summed E-state index contributed by atoms with van der Waals surface area (Å²) in [6, 6.07) is 0. The van der Waals surface area contributed by atoms with Crippen molar-refractivity contribution >= 4 is 0 Å². The van der Waals surface area contributed by atoms with E-state index in [4.69, 9.17) is 14.5 Å². The number of rotatable bonds is 8. The van der Waals surface area contributed by atoms with E-state index in [-0.39, 0.29) is 11.9 Å². The summed E-state index contributed by atoms with van der Waals surface area (Å²) in [5.74, 6) is 0.562. The van der Waals surface area contributed by atoms with Gasteiger partial charge in [-0.05, 0) is 52.9 Å². The standard InChI is InChI=1S/C18H34O3/c1-7-8-9-10-11-12-13-15(2)14-16-19-17(3,4)18(5,6)21-20-16/h10-11,15-16H,7-9,12-14H2,1-6H3/b11-10+. The average Bonchev–Trinajstić information content (AvgIpc) is 2.38. The van der Waals surface area contributed by atoms with Crippen molar-refractivity contribution in [2.24, 2.45) is 5.92 Å². The van der Waals surface area contributed by atoms with Gasteiger partial charge >= 0.3 is 0 Å². The summed E-state index contributed by atoms with van der Waals surface area (Å²) >= 11 is 0. The molecular formula is C18H34O3. The second kappa shape index (κ2) is 8.30. The molecule has 0 N–H and O–H groups in total. The van der Waals surface area contributed by atoms with Gasteiger partial charge in [0, 0.05) is 6.42 Å². The quantitative estimate of drug-likeness (QED) is 0.341. The van der Waals surface area contributed by atoms with Crippen LogP contribution >= 0.6 is 0 Å². The number of allylic oxidation sites excluding steroid dienone is 2. The summed E-state index contributed by atoms with van der Waals surface area (Å²) in [6.07, 6.45) is 11.3. The summed E-state index contributed by atoms with van der Waals surface area (Å²) in [6.45, 7) is 12.6. The summed E-state index contributed by atoms with van der Waals surface area (Å²) in [5, 5.41) is 0. The van der Waals surface area contributed by atoms with E-state index in [1.807, 2.05) is 13.8 Å². The van der Waals surface area contributed by atoms with E-state index in [0.717, 1.165) is 19.3 Å². The maximum absolute atomic E-state index is 6.05. The fourth-order valence-corrected chi connectivity index (χ4v) is 2.24. The van der Waals surface area contributed by atoms with Gasteiger partial charge in [0.25, 0.3) is 0 Å². The van der Waals surface area contributed by atoms with Crippen LogP contribution in [0.15, 0.2) is 12.2 Å². The fourth-order valence-electron chi connectivity index (χ4n) is 2.24. The molecule has 0 saturated carbocycles. The molecule has 1 saturated heterocycles. The van der Waals surface area contributed by atoms with Crippen LogP contribution in [0.1, 0.15) is 80.1 Å². The van der Waals surface area contributed by atoms with Gasteiger partial charge in [0.15, 0.2) is 6.29 Å².